The van der Waals surface area contributed by atoms with Gasteiger partial charge in [0.05, 0.1) is 18.2 Å². The number of phenolic OH excluding ortho intramolecular Hbond substituents is 1. The lowest BCUT2D eigenvalue weighted by molar-refractivity contribution is -0.155. The van der Waals surface area contributed by atoms with E-state index < -0.39 is 47.2 Å². The summed E-state index contributed by atoms with van der Waals surface area (Å²) < 4.78 is 8.47. The molecule has 368 valence electrons. The number of hydrogen-bond acceptors (Lipinski definition) is 10. The fourth-order valence-corrected chi connectivity index (χ4v) is 11.0. The molecule has 0 spiro atoms. The van der Waals surface area contributed by atoms with Gasteiger partial charge in [-0.05, 0) is 136 Å². The predicted octanol–water partition coefficient (Wildman–Crippen LogP) is 6.07. The number of carbonyl (C=O) groups excluding carboxylic acids is 5. The molecular weight excluding hydrogens is 873 g/mol. The summed E-state index contributed by atoms with van der Waals surface area (Å²) in [4.78, 5) is 80.0. The molecule has 15 nitrogen and oxygen atoms in total. The van der Waals surface area contributed by atoms with Crippen LogP contribution in [-0.4, -0.2) is 136 Å². The summed E-state index contributed by atoms with van der Waals surface area (Å²) in [6, 6.07) is 13.1. The first-order chi connectivity index (χ1) is 32.9. The van der Waals surface area contributed by atoms with Crippen LogP contribution in [0.15, 0.2) is 67.4 Å². The highest BCUT2D eigenvalue weighted by Crippen LogP contribution is 2.41. The van der Waals surface area contributed by atoms with Gasteiger partial charge in [0.1, 0.15) is 23.9 Å². The Bertz CT molecular complexity index is 2600. The van der Waals surface area contributed by atoms with Crippen molar-refractivity contribution in [3.05, 3.63) is 84.2 Å². The molecule has 4 aliphatic rings. The van der Waals surface area contributed by atoms with Gasteiger partial charge in [-0.3, -0.25) is 34.0 Å². The largest absolute Gasteiger partial charge is 0.508 e. The zero-order valence-electron chi connectivity index (χ0n) is 41.4. The molecule has 3 saturated heterocycles. The lowest BCUT2D eigenvalue weighted by atomic mass is 9.84. The molecule has 4 aromatic rings. The zero-order chi connectivity index (χ0) is 49.3. The van der Waals surface area contributed by atoms with Gasteiger partial charge >= 0.3 is 5.97 Å². The van der Waals surface area contributed by atoms with E-state index in [9.17, 15) is 29.1 Å². The van der Waals surface area contributed by atoms with E-state index in [0.717, 1.165) is 70.5 Å². The van der Waals surface area contributed by atoms with Gasteiger partial charge in [-0.15, -0.1) is 0 Å². The highest BCUT2D eigenvalue weighted by molar-refractivity contribution is 5.96. The third-order valence-corrected chi connectivity index (χ3v) is 14.7. The van der Waals surface area contributed by atoms with Gasteiger partial charge in [0.2, 0.25) is 17.7 Å². The van der Waals surface area contributed by atoms with Gasteiger partial charge in [-0.1, -0.05) is 46.4 Å². The summed E-state index contributed by atoms with van der Waals surface area (Å²) in [6.07, 6.45) is 7.42. The Morgan fingerprint density at radius 1 is 1.00 bits per heavy atom. The minimum atomic E-state index is -1.15. The van der Waals surface area contributed by atoms with Crippen LogP contribution < -0.4 is 10.7 Å². The van der Waals surface area contributed by atoms with Gasteiger partial charge in [-0.25, -0.2) is 5.43 Å². The lowest BCUT2D eigenvalue weighted by Crippen LogP contribution is -2.62. The minimum absolute atomic E-state index is 0.00158. The molecule has 4 atom stereocenters. The second-order valence-corrected chi connectivity index (χ2v) is 20.9. The first-order valence-corrected chi connectivity index (χ1v) is 24.8. The Hall–Kier alpha value is -6.06. The number of rotatable bonds is 9. The maximum Gasteiger partial charge on any atom is 0.324 e. The number of ether oxygens (including phenoxy) is 1. The van der Waals surface area contributed by atoms with Crippen LogP contribution in [-0.2, 0) is 48.1 Å². The van der Waals surface area contributed by atoms with Crippen LogP contribution in [0.5, 0.6) is 5.75 Å². The number of benzene rings is 2. The summed E-state index contributed by atoms with van der Waals surface area (Å²) in [5, 5.41) is 16.8. The van der Waals surface area contributed by atoms with Crippen LogP contribution in [0.4, 0.5) is 0 Å². The smallest absolute Gasteiger partial charge is 0.324 e. The number of hydrazine groups is 1. The van der Waals surface area contributed by atoms with Crippen LogP contribution in [0.2, 0.25) is 0 Å². The number of aryl methyl sites for hydroxylation is 1. The van der Waals surface area contributed by atoms with Crippen molar-refractivity contribution in [2.24, 2.45) is 17.3 Å². The van der Waals surface area contributed by atoms with Crippen molar-refractivity contribution in [3.63, 3.8) is 0 Å². The SMILES string of the molecule is C=CC(=O)N1CC[C@H](C(=O)N(C)[C@H](C(=O)N[C@H]2Cc3cc(O)cc(c3)-c3ccc4c(c3)c(c(-c3ccc(C5CCN(C)CC5)nc3)n4CC)CC(C)(C)COC(=O)[C@@H]3CCCN(N3)C2=O)C(C)C)C1. The average molecular weight is 943 g/mol. The fraction of sp³-hybridized carbons (Fsp3) is 0.519. The Morgan fingerprint density at radius 2 is 1.75 bits per heavy atom. The number of nitrogens with one attached hydrogen (secondary N) is 2. The number of fused-ring (bicyclic) bond motifs is 6. The number of pyridine rings is 1. The topological polar surface area (TPSA) is 170 Å². The second kappa shape index (κ2) is 20.5. The number of amides is 4. The first kappa shape index (κ1) is 49.4. The molecule has 2 aromatic heterocycles. The molecule has 0 unspecified atom stereocenters. The molecule has 6 bridgehead atoms. The first-order valence-electron chi connectivity index (χ1n) is 24.8. The number of esters is 1. The third kappa shape index (κ3) is 10.6. The average Bonchev–Trinajstić information content (AvgIpc) is 3.95. The summed E-state index contributed by atoms with van der Waals surface area (Å²) in [5.41, 5.74) is 10.2. The van der Waals surface area contributed by atoms with Gasteiger partial charge in [0, 0.05) is 79.3 Å². The highest BCUT2D eigenvalue weighted by Gasteiger charge is 2.40. The number of likely N-dealkylation sites (N-methyl/N-ethyl adjacent to an activating group) is 1. The van der Waals surface area contributed by atoms with Crippen molar-refractivity contribution < 1.29 is 33.8 Å². The summed E-state index contributed by atoms with van der Waals surface area (Å²) >= 11 is 0. The maximum absolute atomic E-state index is 14.7. The van der Waals surface area contributed by atoms with Crippen LogP contribution >= 0.6 is 0 Å². The Kier molecular flexibility index (Phi) is 14.7. The second-order valence-electron chi connectivity index (χ2n) is 20.9. The number of piperidine rings is 1. The van der Waals surface area contributed by atoms with Crippen molar-refractivity contribution in [1.29, 1.82) is 0 Å². The molecule has 0 saturated carbocycles. The van der Waals surface area contributed by atoms with E-state index >= 15 is 0 Å². The molecule has 6 heterocycles. The van der Waals surface area contributed by atoms with E-state index in [-0.39, 0.29) is 49.6 Å². The minimum Gasteiger partial charge on any atom is -0.508 e. The van der Waals surface area contributed by atoms with Crippen LogP contribution in [0, 0.1) is 17.3 Å². The molecule has 15 heteroatoms. The molecule has 8 rings (SSSR count). The fourth-order valence-electron chi connectivity index (χ4n) is 11.0. The normalized spacial score (nSPS) is 22.0. The lowest BCUT2D eigenvalue weighted by Gasteiger charge is -2.37. The highest BCUT2D eigenvalue weighted by atomic mass is 16.5. The van der Waals surface area contributed by atoms with Crippen LogP contribution in [0.3, 0.4) is 0 Å². The van der Waals surface area contributed by atoms with E-state index in [2.05, 4.69) is 78.9 Å². The molecule has 3 N–H and O–H groups in total. The van der Waals surface area contributed by atoms with Crippen LogP contribution in [0.1, 0.15) is 89.5 Å². The van der Waals surface area contributed by atoms with Gasteiger partial charge in [0.25, 0.3) is 5.91 Å². The molecular formula is C54H70N8O7. The Balaban J connectivity index is 1.17. The summed E-state index contributed by atoms with van der Waals surface area (Å²) in [5.74, 6) is -2.37. The molecule has 69 heavy (non-hydrogen) atoms. The maximum atomic E-state index is 14.7. The van der Waals surface area contributed by atoms with Crippen molar-refractivity contribution in [3.8, 4) is 28.1 Å². The molecule has 0 aliphatic carbocycles. The van der Waals surface area contributed by atoms with E-state index in [0.29, 0.717) is 50.3 Å². The number of aromatic nitrogens is 2. The van der Waals surface area contributed by atoms with E-state index in [4.69, 9.17) is 9.72 Å². The number of aromatic hydroxyl groups is 1. The van der Waals surface area contributed by atoms with Crippen molar-refractivity contribution in [2.75, 3.05) is 53.4 Å². The standard InChI is InChI=1S/C54H70N8O7/c1-9-47(64)60-23-19-38(31-60)51(66)59(8)48(33(3)4)50(65)56-45-26-34-24-39(27-40(63)25-34)36-14-16-46-41(28-36)42(29-54(5,6)32-69-53(68)44-12-11-20-62(57-44)52(45)67)49(61(46)10-2)37-13-15-43(55-30-37)35-17-21-58(7)22-18-35/h9,13-16,24-25,27-28,30,33,35,38,44-45,48,57,63H,1,10-12,17-23,26,29,31-32H2,2-8H3,(H,56,65)/t38-,44-,45-,48-/m0/s1. The third-order valence-electron chi connectivity index (χ3n) is 14.7. The number of hydrogen-bond donors (Lipinski definition) is 3. The number of cyclic esters (lactones) is 1. The molecule has 2 aromatic carbocycles. The summed E-state index contributed by atoms with van der Waals surface area (Å²) in [6.45, 7) is 17.5. The summed E-state index contributed by atoms with van der Waals surface area (Å²) in [7, 11) is 3.76. The van der Waals surface area contributed by atoms with E-state index in [1.54, 1.807) is 24.1 Å². The number of likely N-dealkylation sites (tertiary alicyclic amines) is 2. The zero-order valence-corrected chi connectivity index (χ0v) is 41.4. The van der Waals surface area contributed by atoms with E-state index in [1.165, 1.54) is 16.0 Å². The number of carbonyl (C=O) groups is 5. The van der Waals surface area contributed by atoms with E-state index in [1.807, 2.05) is 32.2 Å². The number of nitrogens with zero attached hydrogens (tertiary/aromatic N) is 6. The quantitative estimate of drug-likeness (QED) is 0.132. The Labute approximate surface area is 406 Å². The molecule has 4 amide bonds. The van der Waals surface area contributed by atoms with Gasteiger partial charge in [-0.2, -0.15) is 0 Å². The van der Waals surface area contributed by atoms with Gasteiger partial charge in [0.15, 0.2) is 0 Å². The Morgan fingerprint density at radius 3 is 2.45 bits per heavy atom. The van der Waals surface area contributed by atoms with Crippen molar-refractivity contribution in [1.82, 2.24) is 40.0 Å². The molecule has 3 fully saturated rings. The predicted molar refractivity (Wildman–Crippen MR) is 266 cm³/mol. The molecule has 0 radical (unpaired) electrons. The van der Waals surface area contributed by atoms with Gasteiger partial charge < -0.3 is 34.4 Å². The monoisotopic (exact) mass is 943 g/mol. The molecule has 4 aliphatic heterocycles. The van der Waals surface area contributed by atoms with Crippen molar-refractivity contribution >= 4 is 40.5 Å². The van der Waals surface area contributed by atoms with Crippen molar-refractivity contribution in [2.45, 2.75) is 110 Å². The number of phenols is 1. The van der Waals surface area contributed by atoms with Crippen LogP contribution in [0.25, 0.3) is 33.3 Å².